The van der Waals surface area contributed by atoms with Crippen molar-refractivity contribution in [3.05, 3.63) is 72.0 Å². The molecule has 0 saturated heterocycles. The van der Waals surface area contributed by atoms with Gasteiger partial charge in [0.1, 0.15) is 5.82 Å². The fourth-order valence-corrected chi connectivity index (χ4v) is 2.45. The van der Waals surface area contributed by atoms with E-state index in [4.69, 9.17) is 11.6 Å². The van der Waals surface area contributed by atoms with Gasteiger partial charge >= 0.3 is 0 Å². The maximum Gasteiger partial charge on any atom is 0.270 e. The van der Waals surface area contributed by atoms with Crippen LogP contribution >= 0.6 is 34.2 Å². The molecule has 0 N–H and O–H groups in total. The van der Waals surface area contributed by atoms with Crippen LogP contribution in [0.1, 0.15) is 15.9 Å². The summed E-state index contributed by atoms with van der Waals surface area (Å²) in [4.78, 5) is 22.3. The second-order valence-corrected chi connectivity index (χ2v) is 5.91. The van der Waals surface area contributed by atoms with Gasteiger partial charge in [-0.3, -0.25) is 14.9 Å². The van der Waals surface area contributed by atoms with Gasteiger partial charge in [-0.1, -0.05) is 17.7 Å². The molecule has 0 spiro atoms. The molecule has 0 aliphatic carbocycles. The number of Topliss-reactive ketones (excluding diaryl/α,β-unsaturated/α-hetero) is 1. The first kappa shape index (κ1) is 15.8. The summed E-state index contributed by atoms with van der Waals surface area (Å²) in [6, 6.07) is 8.12. The highest BCUT2D eigenvalue weighted by Gasteiger charge is 2.17. The predicted molar refractivity (Wildman–Crippen MR) is 85.3 cm³/mol. The second-order valence-electron chi connectivity index (χ2n) is 4.26. The van der Waals surface area contributed by atoms with Crippen molar-refractivity contribution in [1.29, 1.82) is 0 Å². The van der Waals surface area contributed by atoms with Crippen LogP contribution in [0.3, 0.4) is 0 Å². The number of hydrogen-bond acceptors (Lipinski definition) is 3. The van der Waals surface area contributed by atoms with E-state index in [2.05, 4.69) is 0 Å². The highest BCUT2D eigenvalue weighted by Crippen LogP contribution is 2.24. The molecule has 0 aromatic heterocycles. The van der Waals surface area contributed by atoms with E-state index in [9.17, 15) is 19.3 Å². The summed E-state index contributed by atoms with van der Waals surface area (Å²) >= 11 is 7.85. The Bertz CT molecular complexity index is 736. The van der Waals surface area contributed by atoms with Crippen molar-refractivity contribution in [3.8, 4) is 0 Å². The van der Waals surface area contributed by atoms with E-state index < -0.39 is 16.5 Å². The molecule has 21 heavy (non-hydrogen) atoms. The van der Waals surface area contributed by atoms with Gasteiger partial charge in [0, 0.05) is 27.7 Å². The summed E-state index contributed by atoms with van der Waals surface area (Å²) in [6.07, 6.45) is -0.205. The first-order valence-electron chi connectivity index (χ1n) is 5.79. The average Bonchev–Trinajstić information content (AvgIpc) is 2.42. The molecule has 4 nitrogen and oxygen atoms in total. The number of carbonyl (C=O) groups excluding carboxylic acids is 1. The van der Waals surface area contributed by atoms with Crippen LogP contribution in [-0.2, 0) is 6.42 Å². The quantitative estimate of drug-likeness (QED) is 0.319. The molecule has 0 aliphatic rings. The van der Waals surface area contributed by atoms with Crippen molar-refractivity contribution in [3.63, 3.8) is 0 Å². The fraction of sp³-hybridized carbons (Fsp3) is 0.0714. The van der Waals surface area contributed by atoms with Gasteiger partial charge in [-0.05, 0) is 46.4 Å². The second kappa shape index (κ2) is 6.48. The molecule has 108 valence electrons. The van der Waals surface area contributed by atoms with Crippen LogP contribution in [0.25, 0.3) is 0 Å². The van der Waals surface area contributed by atoms with Crippen LogP contribution in [-0.4, -0.2) is 10.7 Å². The van der Waals surface area contributed by atoms with E-state index in [0.717, 1.165) is 9.64 Å². The fourth-order valence-electron chi connectivity index (χ4n) is 1.77. The van der Waals surface area contributed by atoms with E-state index in [-0.39, 0.29) is 28.3 Å². The molecule has 0 unspecified atom stereocenters. The minimum Gasteiger partial charge on any atom is -0.294 e. The highest BCUT2D eigenvalue weighted by atomic mass is 127. The minimum absolute atomic E-state index is 0.0174. The predicted octanol–water partition coefficient (Wildman–Crippen LogP) is 4.42. The largest absolute Gasteiger partial charge is 0.294 e. The van der Waals surface area contributed by atoms with Gasteiger partial charge in [0.15, 0.2) is 5.78 Å². The number of ketones is 1. The van der Waals surface area contributed by atoms with E-state index >= 15 is 0 Å². The monoisotopic (exact) mass is 419 g/mol. The van der Waals surface area contributed by atoms with Crippen molar-refractivity contribution in [1.82, 2.24) is 0 Å². The van der Waals surface area contributed by atoms with Gasteiger partial charge in [0.2, 0.25) is 0 Å². The Morgan fingerprint density at radius 3 is 2.62 bits per heavy atom. The third-order valence-corrected chi connectivity index (χ3v) is 3.83. The molecule has 7 heteroatoms. The number of non-ortho nitro benzene ring substituents is 1. The summed E-state index contributed by atoms with van der Waals surface area (Å²) in [5, 5.41) is 10.8. The van der Waals surface area contributed by atoms with E-state index in [1.807, 2.05) is 22.6 Å². The van der Waals surface area contributed by atoms with E-state index in [1.165, 1.54) is 24.3 Å². The summed E-state index contributed by atoms with van der Waals surface area (Å²) in [5.41, 5.74) is 0.0117. The molecule has 0 amide bonds. The normalized spacial score (nSPS) is 10.4. The molecular weight excluding hydrogens is 412 g/mol. The Kier molecular flexibility index (Phi) is 4.89. The summed E-state index contributed by atoms with van der Waals surface area (Å²) < 4.78 is 14.5. The van der Waals surface area contributed by atoms with Crippen LogP contribution in [0.4, 0.5) is 10.1 Å². The number of rotatable bonds is 4. The molecule has 2 aromatic rings. The Labute approximate surface area is 138 Å². The SMILES string of the molecule is O=C(Cc1ccc(I)cc1F)c1cc([N+](=O)[O-])ccc1Cl. The van der Waals surface area contributed by atoms with Crippen molar-refractivity contribution >= 4 is 45.7 Å². The molecular formula is C14H8ClFINO3. The summed E-state index contributed by atoms with van der Waals surface area (Å²) in [7, 11) is 0. The van der Waals surface area contributed by atoms with Gasteiger partial charge in [-0.2, -0.15) is 0 Å². The van der Waals surface area contributed by atoms with Crippen LogP contribution < -0.4 is 0 Å². The van der Waals surface area contributed by atoms with Gasteiger partial charge in [-0.25, -0.2) is 4.39 Å². The van der Waals surface area contributed by atoms with Crippen LogP contribution in [0.5, 0.6) is 0 Å². The Balaban J connectivity index is 2.32. The number of nitrogens with zero attached hydrogens (tertiary/aromatic N) is 1. The average molecular weight is 420 g/mol. The number of nitro benzene ring substituents is 1. The van der Waals surface area contributed by atoms with Crippen molar-refractivity contribution in [2.45, 2.75) is 6.42 Å². The molecule has 0 bridgehead atoms. The summed E-state index contributed by atoms with van der Waals surface area (Å²) in [6.45, 7) is 0. The number of carbonyl (C=O) groups is 1. The molecule has 0 heterocycles. The molecule has 0 atom stereocenters. The lowest BCUT2D eigenvalue weighted by Crippen LogP contribution is -2.07. The number of benzene rings is 2. The Hall–Kier alpha value is -1.54. The number of hydrogen-bond donors (Lipinski definition) is 0. The van der Waals surface area contributed by atoms with Gasteiger partial charge in [0.05, 0.1) is 9.95 Å². The molecule has 0 aliphatic heterocycles. The molecule has 0 saturated carbocycles. The Morgan fingerprint density at radius 1 is 1.29 bits per heavy atom. The minimum atomic E-state index is -0.613. The first-order chi connectivity index (χ1) is 9.88. The van der Waals surface area contributed by atoms with Gasteiger partial charge in [0.25, 0.3) is 5.69 Å². The lowest BCUT2D eigenvalue weighted by molar-refractivity contribution is -0.384. The van der Waals surface area contributed by atoms with Crippen LogP contribution in [0, 0.1) is 19.5 Å². The van der Waals surface area contributed by atoms with Crippen LogP contribution in [0.15, 0.2) is 36.4 Å². The molecule has 2 rings (SSSR count). The number of nitro groups is 1. The van der Waals surface area contributed by atoms with E-state index in [1.54, 1.807) is 6.07 Å². The first-order valence-corrected chi connectivity index (χ1v) is 7.25. The summed E-state index contributed by atoms with van der Waals surface area (Å²) in [5.74, 6) is -0.958. The molecule has 0 radical (unpaired) electrons. The maximum absolute atomic E-state index is 13.7. The highest BCUT2D eigenvalue weighted by molar-refractivity contribution is 14.1. The molecule has 0 fully saturated rings. The van der Waals surface area contributed by atoms with E-state index in [0.29, 0.717) is 0 Å². The van der Waals surface area contributed by atoms with Crippen molar-refractivity contribution in [2.24, 2.45) is 0 Å². The van der Waals surface area contributed by atoms with Gasteiger partial charge in [-0.15, -0.1) is 0 Å². The van der Waals surface area contributed by atoms with Crippen molar-refractivity contribution in [2.75, 3.05) is 0 Å². The lowest BCUT2D eigenvalue weighted by atomic mass is 10.0. The maximum atomic E-state index is 13.7. The zero-order valence-corrected chi connectivity index (χ0v) is 13.4. The zero-order valence-electron chi connectivity index (χ0n) is 10.5. The Morgan fingerprint density at radius 2 is 2.00 bits per heavy atom. The smallest absolute Gasteiger partial charge is 0.270 e. The van der Waals surface area contributed by atoms with Crippen LogP contribution in [0.2, 0.25) is 5.02 Å². The topological polar surface area (TPSA) is 60.2 Å². The zero-order chi connectivity index (χ0) is 15.6. The van der Waals surface area contributed by atoms with Gasteiger partial charge < -0.3 is 0 Å². The van der Waals surface area contributed by atoms with Crippen molar-refractivity contribution < 1.29 is 14.1 Å². The third kappa shape index (κ3) is 3.76. The third-order valence-electron chi connectivity index (χ3n) is 2.83. The molecule has 2 aromatic carbocycles. The number of halogens is 3. The lowest BCUT2D eigenvalue weighted by Gasteiger charge is -2.05. The standard InChI is InChI=1S/C14H8ClFINO3/c15-12-4-3-10(18(20)21)7-11(12)14(19)5-8-1-2-9(17)6-13(8)16/h1-4,6-7H,5H2.